The van der Waals surface area contributed by atoms with Crippen LogP contribution in [-0.2, 0) is 39.7 Å². The number of rotatable bonds is 13. The predicted molar refractivity (Wildman–Crippen MR) is 249 cm³/mol. The molecule has 3 saturated heterocycles. The number of nitrogens with one attached hydrogen (secondary N) is 1. The Bertz CT molecular complexity index is 2570. The van der Waals surface area contributed by atoms with E-state index in [4.69, 9.17) is 68.0 Å². The lowest BCUT2D eigenvalue weighted by molar-refractivity contribution is -0.159. The number of halogens is 3. The molecule has 7 atom stereocenters. The van der Waals surface area contributed by atoms with Gasteiger partial charge in [-0.2, -0.15) is 17.0 Å². The molecule has 2 bridgehead atoms. The third-order valence-electron chi connectivity index (χ3n) is 13.7. The van der Waals surface area contributed by atoms with Crippen LogP contribution < -0.4 is 14.8 Å². The van der Waals surface area contributed by atoms with E-state index in [1.165, 1.54) is 18.9 Å². The largest absolute Gasteiger partial charge is 0.493 e. The zero-order valence-electron chi connectivity index (χ0n) is 37.3. The number of likely N-dealkylation sites (N-methyl/N-ethyl adjacent to an activating group) is 1. The van der Waals surface area contributed by atoms with Gasteiger partial charge in [-0.25, -0.2) is 9.59 Å². The van der Waals surface area contributed by atoms with E-state index in [-0.39, 0.29) is 54.3 Å². The number of Topliss-reactive ketones (excluding diaryl/α,β-unsaturated/α-hetero) is 1. The molecule has 3 aromatic rings. The van der Waals surface area contributed by atoms with Crippen molar-refractivity contribution < 1.29 is 52.6 Å². The summed E-state index contributed by atoms with van der Waals surface area (Å²) in [6.45, 7) is 2.12. The number of alkyl carbamates (subject to hydrolysis) is 1. The molecule has 0 saturated carbocycles. The lowest BCUT2D eigenvalue weighted by atomic mass is 9.65. The first-order chi connectivity index (χ1) is 32.1. The fraction of sp³-hybridized carbons (Fsp3) is 0.458. The normalized spacial score (nSPS) is 25.6. The lowest BCUT2D eigenvalue weighted by Gasteiger charge is -2.62. The maximum atomic E-state index is 14.6. The van der Waals surface area contributed by atoms with Crippen molar-refractivity contribution in [3.8, 4) is 28.7 Å². The van der Waals surface area contributed by atoms with E-state index in [1.54, 1.807) is 14.0 Å². The highest BCUT2D eigenvalue weighted by atomic mass is 35.6. The van der Waals surface area contributed by atoms with Crippen molar-refractivity contribution in [3.63, 3.8) is 0 Å². The second kappa shape index (κ2) is 18.7. The zero-order chi connectivity index (χ0) is 47.5. The van der Waals surface area contributed by atoms with Crippen LogP contribution in [0.1, 0.15) is 53.1 Å². The number of nitriles is 1. The van der Waals surface area contributed by atoms with E-state index >= 15 is 0 Å². The predicted octanol–water partition coefficient (Wildman–Crippen LogP) is 6.63. The van der Waals surface area contributed by atoms with Crippen molar-refractivity contribution in [3.05, 3.63) is 105 Å². The van der Waals surface area contributed by atoms with Crippen LogP contribution in [0.3, 0.4) is 0 Å². The summed E-state index contributed by atoms with van der Waals surface area (Å²) >= 11 is 19.1. The number of hydrogen-bond donors (Lipinski definition) is 2. The number of methoxy groups -OCH3 is 2. The van der Waals surface area contributed by atoms with Gasteiger partial charge in [0.25, 0.3) is 0 Å². The number of aryl methyl sites for hydroxylation is 1. The third kappa shape index (κ3) is 8.29. The summed E-state index contributed by atoms with van der Waals surface area (Å²) in [5.41, 5.74) is 5.22. The molecule has 3 aromatic carbocycles. The molecule has 1 unspecified atom stereocenters. The SMILES string of the molecule is COCOc1c(OC)c(C)cc2c1[C@@H]1[C@@H]3CC4(O)C(=O)C(C)=C5OCOC5=C4[C@H](COC(=O)[C@@H](CSCC4c5ccccc5-c5ccccc54)NC(=O)OCC(Cl)(Cl)Cl)N3[C@@H](C#N)[C@H](C2)N1C. The lowest BCUT2D eigenvalue weighted by Crippen LogP contribution is -2.74. The average Bonchev–Trinajstić information content (AvgIpc) is 3.91. The molecule has 67 heavy (non-hydrogen) atoms. The highest BCUT2D eigenvalue weighted by molar-refractivity contribution is 7.99. The second-order valence-corrected chi connectivity index (χ2v) is 21.0. The Balaban J connectivity index is 1.07. The van der Waals surface area contributed by atoms with Crippen LogP contribution in [0.4, 0.5) is 4.79 Å². The summed E-state index contributed by atoms with van der Waals surface area (Å²) in [5.74, 6) is 0.441. The fourth-order valence-corrected chi connectivity index (χ4v) is 12.4. The summed E-state index contributed by atoms with van der Waals surface area (Å²) in [5, 5.41) is 26.8. The summed E-state index contributed by atoms with van der Waals surface area (Å²) < 4.78 is 38.9. The summed E-state index contributed by atoms with van der Waals surface area (Å²) in [6.07, 6.45) is -0.751. The van der Waals surface area contributed by atoms with Gasteiger partial charge < -0.3 is 43.6 Å². The minimum Gasteiger partial charge on any atom is -0.493 e. The molecule has 0 aromatic heterocycles. The molecule has 3 fully saturated rings. The van der Waals surface area contributed by atoms with Crippen molar-refractivity contribution >= 4 is 64.4 Å². The molecule has 2 N–H and O–H groups in total. The van der Waals surface area contributed by atoms with Gasteiger partial charge in [0.05, 0.1) is 25.3 Å². The number of carbonyl (C=O) groups is 3. The topological polar surface area (TPSA) is 178 Å². The number of alkyl halides is 3. The van der Waals surface area contributed by atoms with Gasteiger partial charge >= 0.3 is 12.1 Å². The van der Waals surface area contributed by atoms with E-state index in [0.717, 1.165) is 38.9 Å². The van der Waals surface area contributed by atoms with Crippen molar-refractivity contribution in [1.29, 1.82) is 5.26 Å². The Morgan fingerprint density at radius 3 is 2.37 bits per heavy atom. The second-order valence-electron chi connectivity index (χ2n) is 17.4. The minimum absolute atomic E-state index is 0.00728. The van der Waals surface area contributed by atoms with E-state index in [0.29, 0.717) is 23.7 Å². The quantitative estimate of drug-likeness (QED) is 0.106. The Morgan fingerprint density at radius 1 is 1.03 bits per heavy atom. The fourth-order valence-electron chi connectivity index (χ4n) is 11.0. The first-order valence-corrected chi connectivity index (χ1v) is 24.0. The van der Waals surface area contributed by atoms with Crippen LogP contribution in [0.15, 0.2) is 77.3 Å². The number of ether oxygens (including phenoxy) is 7. The molecule has 4 heterocycles. The van der Waals surface area contributed by atoms with Crippen LogP contribution >= 0.6 is 46.6 Å². The number of piperidine rings is 1. The molecule has 354 valence electrons. The number of hydrogen-bond acceptors (Lipinski definition) is 15. The Morgan fingerprint density at radius 2 is 1.72 bits per heavy atom. The van der Waals surface area contributed by atoms with Crippen molar-refractivity contribution in [2.75, 3.05) is 59.6 Å². The highest BCUT2D eigenvalue weighted by Crippen LogP contribution is 2.57. The highest BCUT2D eigenvalue weighted by Gasteiger charge is 2.64. The van der Waals surface area contributed by atoms with Gasteiger partial charge in [-0.05, 0) is 60.7 Å². The van der Waals surface area contributed by atoms with Crippen LogP contribution in [0, 0.1) is 18.3 Å². The number of piperazine rings is 1. The van der Waals surface area contributed by atoms with E-state index in [2.05, 4.69) is 40.6 Å². The van der Waals surface area contributed by atoms with Crippen molar-refractivity contribution in [1.82, 2.24) is 15.1 Å². The van der Waals surface area contributed by atoms with Gasteiger partial charge in [-0.15, -0.1) is 0 Å². The van der Waals surface area contributed by atoms with Gasteiger partial charge in [0, 0.05) is 59.7 Å². The van der Waals surface area contributed by atoms with Crippen LogP contribution in [0.2, 0.25) is 0 Å². The smallest absolute Gasteiger partial charge is 0.408 e. The number of esters is 1. The zero-order valence-corrected chi connectivity index (χ0v) is 40.4. The number of thioether (sulfide) groups is 1. The molecule has 9 rings (SSSR count). The van der Waals surface area contributed by atoms with E-state index in [1.807, 2.05) is 49.2 Å². The molecule has 19 heteroatoms. The standard InChI is InChI=1S/C48H49Cl3N4O11S/c1-24-14-26-15-33-35(17-52)55-34(39(54(33)3)37(26)42(40(24)61-5)64-22-60-4)16-47(59)38(43-41(65-23-66-43)25(2)44(47)56)36(55)18-62-45(57)32(53-46(58)63-21-48(49,50)51)20-67-19-31-29-12-8-6-10-27(29)28-11-7-9-13-30(28)31/h6-14,31-36,39,59H,15-16,18-23H2,1-5H3,(H,53,58)/t32-,33+,34+,35+,36+,39+,47?/m1/s1. The van der Waals surface area contributed by atoms with E-state index < -0.39 is 76.7 Å². The molecule has 1 amide bonds. The number of benzene rings is 3. The van der Waals surface area contributed by atoms with Crippen molar-refractivity contribution in [2.45, 2.75) is 78.3 Å². The molecule has 0 spiro atoms. The molecule has 4 aliphatic heterocycles. The molecule has 0 radical (unpaired) electrons. The van der Waals surface area contributed by atoms with Gasteiger partial charge in [0.1, 0.15) is 25.3 Å². The first-order valence-electron chi connectivity index (χ1n) is 21.7. The van der Waals surface area contributed by atoms with Crippen LogP contribution in [0.5, 0.6) is 11.5 Å². The molecule has 15 nitrogen and oxygen atoms in total. The number of ketones is 1. The summed E-state index contributed by atoms with van der Waals surface area (Å²) in [7, 11) is 4.99. The number of aliphatic hydroxyl groups is 1. The van der Waals surface area contributed by atoms with Crippen LogP contribution in [0.25, 0.3) is 11.1 Å². The minimum atomic E-state index is -2.18. The Kier molecular flexibility index (Phi) is 13.2. The molecule has 2 aliphatic carbocycles. The van der Waals surface area contributed by atoms with Gasteiger partial charge in [0.15, 0.2) is 41.2 Å². The molecule has 6 aliphatic rings. The average molecular weight is 996 g/mol. The van der Waals surface area contributed by atoms with Gasteiger partial charge in [-0.1, -0.05) is 89.4 Å². The number of amides is 1. The molecular weight excluding hydrogens is 947 g/mol. The summed E-state index contributed by atoms with van der Waals surface area (Å²) in [4.78, 5) is 46.4. The number of carbonyl (C=O) groups excluding carboxylic acids is 3. The van der Waals surface area contributed by atoms with Crippen LogP contribution in [-0.4, -0.2) is 132 Å². The monoisotopic (exact) mass is 994 g/mol. The first kappa shape index (κ1) is 47.4. The molecular formula is C48H49Cl3N4O11S. The van der Waals surface area contributed by atoms with Crippen molar-refractivity contribution in [2.24, 2.45) is 0 Å². The number of nitrogens with zero attached hydrogens (tertiary/aromatic N) is 3. The van der Waals surface area contributed by atoms with Gasteiger partial charge in [-0.3, -0.25) is 14.6 Å². The van der Waals surface area contributed by atoms with Gasteiger partial charge in [0.2, 0.25) is 10.6 Å². The Labute approximate surface area is 407 Å². The maximum Gasteiger partial charge on any atom is 0.408 e. The third-order valence-corrected chi connectivity index (χ3v) is 15.2. The summed E-state index contributed by atoms with van der Waals surface area (Å²) in [6, 6.07) is 16.0. The number of fused-ring (bicyclic) bond motifs is 11. The maximum absolute atomic E-state index is 14.6. The van der Waals surface area contributed by atoms with E-state index in [9.17, 15) is 24.8 Å². The Hall–Kier alpha value is -4.70.